The maximum atomic E-state index is 13.1. The van der Waals surface area contributed by atoms with Crippen molar-refractivity contribution in [3.05, 3.63) is 47.8 Å². The molecule has 0 atom stereocenters. The highest BCUT2D eigenvalue weighted by atomic mass is 19.1. The van der Waals surface area contributed by atoms with Crippen LogP contribution in [0, 0.1) is 5.82 Å². The van der Waals surface area contributed by atoms with Crippen LogP contribution in [0.5, 0.6) is 0 Å². The Morgan fingerprint density at radius 2 is 2.06 bits per heavy atom. The van der Waals surface area contributed by atoms with E-state index in [1.54, 1.807) is 6.07 Å². The second-order valence-corrected chi connectivity index (χ2v) is 3.68. The maximum Gasteiger partial charge on any atom is 0.303 e. The highest BCUT2D eigenvalue weighted by Gasteiger charge is 2.04. The first kappa shape index (κ1) is 10.6. The first-order chi connectivity index (χ1) is 7.66. The van der Waals surface area contributed by atoms with Gasteiger partial charge in [0.05, 0.1) is 0 Å². The average molecular weight is 218 g/mol. The largest absolute Gasteiger partial charge is 0.481 e. The normalized spacial score (nSPS) is 10.6. The molecule has 0 heterocycles. The Morgan fingerprint density at radius 1 is 1.25 bits per heavy atom. The number of carboxylic acids is 1. The summed E-state index contributed by atoms with van der Waals surface area (Å²) in [5.41, 5.74) is 0.874. The van der Waals surface area contributed by atoms with Gasteiger partial charge in [0.15, 0.2) is 0 Å². The zero-order chi connectivity index (χ0) is 11.5. The van der Waals surface area contributed by atoms with E-state index in [9.17, 15) is 9.18 Å². The van der Waals surface area contributed by atoms with Crippen LogP contribution in [0.2, 0.25) is 0 Å². The van der Waals surface area contributed by atoms with E-state index >= 15 is 0 Å². The second kappa shape index (κ2) is 4.31. The van der Waals surface area contributed by atoms with Crippen molar-refractivity contribution in [1.82, 2.24) is 0 Å². The number of aliphatic carboxylic acids is 1. The molecule has 0 radical (unpaired) electrons. The monoisotopic (exact) mass is 218 g/mol. The Labute approximate surface area is 92.3 Å². The molecule has 0 aliphatic carbocycles. The van der Waals surface area contributed by atoms with Gasteiger partial charge in [0.1, 0.15) is 5.82 Å². The Morgan fingerprint density at radius 3 is 2.81 bits per heavy atom. The van der Waals surface area contributed by atoms with Crippen LogP contribution < -0.4 is 0 Å². The molecule has 2 nitrogen and oxygen atoms in total. The van der Waals surface area contributed by atoms with Crippen LogP contribution in [0.15, 0.2) is 36.4 Å². The number of carboxylic acid groups (broad SMARTS) is 1. The van der Waals surface area contributed by atoms with E-state index in [-0.39, 0.29) is 12.2 Å². The van der Waals surface area contributed by atoms with Gasteiger partial charge >= 0.3 is 5.97 Å². The molecule has 2 aromatic rings. The zero-order valence-electron chi connectivity index (χ0n) is 8.61. The number of hydrogen-bond donors (Lipinski definition) is 1. The van der Waals surface area contributed by atoms with E-state index in [0.717, 1.165) is 16.3 Å². The van der Waals surface area contributed by atoms with Crippen LogP contribution in [0.25, 0.3) is 10.8 Å². The number of benzene rings is 2. The molecule has 3 heteroatoms. The molecule has 0 aliphatic rings. The molecule has 0 saturated heterocycles. The van der Waals surface area contributed by atoms with Crippen molar-refractivity contribution in [2.75, 3.05) is 0 Å². The average Bonchev–Trinajstić information content (AvgIpc) is 2.26. The summed E-state index contributed by atoms with van der Waals surface area (Å²) in [5.74, 6) is -1.14. The topological polar surface area (TPSA) is 37.3 Å². The molecule has 0 fully saturated rings. The fourth-order valence-corrected chi connectivity index (χ4v) is 1.77. The number of aryl methyl sites for hydroxylation is 1. The van der Waals surface area contributed by atoms with Gasteiger partial charge in [-0.1, -0.05) is 24.3 Å². The summed E-state index contributed by atoms with van der Waals surface area (Å²) in [5, 5.41) is 10.4. The molecular weight excluding hydrogens is 207 g/mol. The van der Waals surface area contributed by atoms with Crippen LogP contribution in [0.4, 0.5) is 4.39 Å². The Balaban J connectivity index is 2.43. The lowest BCUT2D eigenvalue weighted by molar-refractivity contribution is -0.136. The number of rotatable bonds is 3. The number of fused-ring (bicyclic) bond motifs is 1. The smallest absolute Gasteiger partial charge is 0.303 e. The molecule has 0 bridgehead atoms. The third-order valence-corrected chi connectivity index (χ3v) is 2.54. The minimum absolute atomic E-state index is 0.0651. The zero-order valence-corrected chi connectivity index (χ0v) is 8.61. The van der Waals surface area contributed by atoms with Crippen molar-refractivity contribution in [1.29, 1.82) is 0 Å². The number of hydrogen-bond acceptors (Lipinski definition) is 1. The van der Waals surface area contributed by atoms with Gasteiger partial charge in [0.25, 0.3) is 0 Å². The molecule has 2 aromatic carbocycles. The van der Waals surface area contributed by atoms with Crippen molar-refractivity contribution in [2.45, 2.75) is 12.8 Å². The Hall–Kier alpha value is -1.90. The van der Waals surface area contributed by atoms with Gasteiger partial charge in [0, 0.05) is 6.42 Å². The highest BCUT2D eigenvalue weighted by Crippen LogP contribution is 2.21. The Bertz CT molecular complexity index is 534. The molecule has 0 spiro atoms. The molecule has 0 unspecified atom stereocenters. The van der Waals surface area contributed by atoms with Crippen molar-refractivity contribution in [3.8, 4) is 0 Å². The minimum atomic E-state index is -0.839. The molecule has 2 rings (SSSR count). The maximum absolute atomic E-state index is 13.1. The summed E-state index contributed by atoms with van der Waals surface area (Å²) in [6, 6.07) is 10.1. The van der Waals surface area contributed by atoms with Crippen LogP contribution in [-0.2, 0) is 11.2 Å². The fraction of sp³-hybridized carbons (Fsp3) is 0.154. The summed E-state index contributed by atoms with van der Waals surface area (Å²) < 4.78 is 13.1. The minimum Gasteiger partial charge on any atom is -0.481 e. The van der Waals surface area contributed by atoms with Crippen LogP contribution in [0.1, 0.15) is 12.0 Å². The quantitative estimate of drug-likeness (QED) is 0.859. The third-order valence-electron chi connectivity index (χ3n) is 2.54. The SMILES string of the molecule is O=C(O)CCc1cccc2ccc(F)cc12. The summed E-state index contributed by atoms with van der Waals surface area (Å²) in [7, 11) is 0. The summed E-state index contributed by atoms with van der Waals surface area (Å²) >= 11 is 0. The molecule has 0 aromatic heterocycles. The molecule has 1 N–H and O–H groups in total. The third kappa shape index (κ3) is 2.19. The summed E-state index contributed by atoms with van der Waals surface area (Å²) in [6.07, 6.45) is 0.492. The van der Waals surface area contributed by atoms with Gasteiger partial charge in [-0.3, -0.25) is 4.79 Å². The number of halogens is 1. The lowest BCUT2D eigenvalue weighted by Crippen LogP contribution is -1.98. The standard InChI is InChI=1S/C13H11FO2/c14-11-6-4-9-2-1-3-10(12(9)8-11)5-7-13(15)16/h1-4,6,8H,5,7H2,(H,15,16). The van der Waals surface area contributed by atoms with Crippen LogP contribution in [-0.4, -0.2) is 11.1 Å². The van der Waals surface area contributed by atoms with Crippen LogP contribution in [0.3, 0.4) is 0 Å². The van der Waals surface area contributed by atoms with Gasteiger partial charge in [-0.25, -0.2) is 4.39 Å². The Kier molecular flexibility index (Phi) is 2.86. The first-order valence-electron chi connectivity index (χ1n) is 5.06. The van der Waals surface area contributed by atoms with Gasteiger partial charge in [0.2, 0.25) is 0 Å². The van der Waals surface area contributed by atoms with E-state index in [1.807, 2.05) is 18.2 Å². The predicted molar refractivity (Wildman–Crippen MR) is 59.9 cm³/mol. The van der Waals surface area contributed by atoms with Crippen molar-refractivity contribution < 1.29 is 14.3 Å². The van der Waals surface area contributed by atoms with Gasteiger partial charge in [-0.15, -0.1) is 0 Å². The van der Waals surface area contributed by atoms with Gasteiger partial charge < -0.3 is 5.11 Å². The van der Waals surface area contributed by atoms with Crippen molar-refractivity contribution in [2.24, 2.45) is 0 Å². The summed E-state index contributed by atoms with van der Waals surface area (Å²) in [6.45, 7) is 0. The second-order valence-electron chi connectivity index (χ2n) is 3.68. The lowest BCUT2D eigenvalue weighted by atomic mass is 10.0. The molecule has 0 saturated carbocycles. The predicted octanol–water partition coefficient (Wildman–Crippen LogP) is 3.00. The fourth-order valence-electron chi connectivity index (χ4n) is 1.77. The van der Waals surface area contributed by atoms with E-state index in [1.165, 1.54) is 12.1 Å². The molecule has 82 valence electrons. The molecule has 0 amide bonds. The van der Waals surface area contributed by atoms with Crippen LogP contribution >= 0.6 is 0 Å². The van der Waals surface area contributed by atoms with Gasteiger partial charge in [-0.05, 0) is 34.9 Å². The number of carbonyl (C=O) groups is 1. The first-order valence-corrected chi connectivity index (χ1v) is 5.06. The summed E-state index contributed by atoms with van der Waals surface area (Å²) in [4.78, 5) is 10.5. The van der Waals surface area contributed by atoms with E-state index in [2.05, 4.69) is 0 Å². The van der Waals surface area contributed by atoms with E-state index in [0.29, 0.717) is 6.42 Å². The highest BCUT2D eigenvalue weighted by molar-refractivity contribution is 5.86. The van der Waals surface area contributed by atoms with E-state index < -0.39 is 5.97 Å². The van der Waals surface area contributed by atoms with Crippen molar-refractivity contribution in [3.63, 3.8) is 0 Å². The molecule has 16 heavy (non-hydrogen) atoms. The lowest BCUT2D eigenvalue weighted by Gasteiger charge is -2.05. The molecular formula is C13H11FO2. The van der Waals surface area contributed by atoms with E-state index in [4.69, 9.17) is 5.11 Å². The van der Waals surface area contributed by atoms with Gasteiger partial charge in [-0.2, -0.15) is 0 Å². The molecule has 0 aliphatic heterocycles. The van der Waals surface area contributed by atoms with Crippen molar-refractivity contribution >= 4 is 16.7 Å².